The second-order valence-electron chi connectivity index (χ2n) is 6.15. The van der Waals surface area contributed by atoms with Gasteiger partial charge < -0.3 is 4.90 Å². The van der Waals surface area contributed by atoms with Crippen LogP contribution < -0.4 is 10.0 Å². The summed E-state index contributed by atoms with van der Waals surface area (Å²) in [6.45, 7) is 0. The lowest BCUT2D eigenvalue weighted by atomic mass is 9.94. The number of primary sulfonamides is 1. The number of halogens is 1. The van der Waals surface area contributed by atoms with Crippen LogP contribution in [0.15, 0.2) is 71.6 Å². The van der Waals surface area contributed by atoms with Crippen LogP contribution in [0.3, 0.4) is 0 Å². The van der Waals surface area contributed by atoms with Crippen molar-refractivity contribution in [1.29, 1.82) is 0 Å². The molecule has 0 atom stereocenters. The Kier molecular flexibility index (Phi) is 4.80. The fourth-order valence-electron chi connectivity index (χ4n) is 2.93. The summed E-state index contributed by atoms with van der Waals surface area (Å²) in [5.74, 6) is -0.345. The molecular formula is C20H19FN2O2S. The van der Waals surface area contributed by atoms with E-state index in [2.05, 4.69) is 0 Å². The van der Waals surface area contributed by atoms with Gasteiger partial charge in [-0.05, 0) is 34.9 Å². The zero-order valence-corrected chi connectivity index (χ0v) is 15.3. The third-order valence-corrected chi connectivity index (χ3v) is 5.09. The van der Waals surface area contributed by atoms with Crippen LogP contribution in [-0.2, 0) is 10.0 Å². The SMILES string of the molecule is CN(C)c1cc(-c2cccc(S(N)(=O)=O)c2-c2ccccc2)ccc1F. The van der Waals surface area contributed by atoms with Crippen LogP contribution in [0.2, 0.25) is 0 Å². The molecule has 0 saturated carbocycles. The number of hydrogen-bond acceptors (Lipinski definition) is 3. The molecule has 0 saturated heterocycles. The monoisotopic (exact) mass is 370 g/mol. The average Bonchev–Trinajstić information content (AvgIpc) is 2.61. The molecule has 2 N–H and O–H groups in total. The first-order chi connectivity index (χ1) is 12.3. The van der Waals surface area contributed by atoms with Crippen LogP contribution in [0.1, 0.15) is 0 Å². The van der Waals surface area contributed by atoms with Crippen molar-refractivity contribution in [2.24, 2.45) is 5.14 Å². The molecule has 3 aromatic rings. The molecule has 134 valence electrons. The highest BCUT2D eigenvalue weighted by Crippen LogP contribution is 2.38. The number of benzene rings is 3. The normalized spacial score (nSPS) is 11.4. The first-order valence-electron chi connectivity index (χ1n) is 7.97. The van der Waals surface area contributed by atoms with E-state index in [1.165, 1.54) is 12.1 Å². The third kappa shape index (κ3) is 3.47. The molecular weight excluding hydrogens is 351 g/mol. The molecule has 6 heteroatoms. The Morgan fingerprint density at radius 2 is 1.58 bits per heavy atom. The number of nitrogens with zero attached hydrogens (tertiary/aromatic N) is 1. The molecule has 26 heavy (non-hydrogen) atoms. The summed E-state index contributed by atoms with van der Waals surface area (Å²) in [4.78, 5) is 1.71. The van der Waals surface area contributed by atoms with Crippen molar-refractivity contribution >= 4 is 15.7 Å². The molecule has 3 aromatic carbocycles. The van der Waals surface area contributed by atoms with Crippen LogP contribution in [0.25, 0.3) is 22.3 Å². The Bertz CT molecular complexity index is 1050. The number of hydrogen-bond donors (Lipinski definition) is 1. The van der Waals surface area contributed by atoms with Gasteiger partial charge in [0.05, 0.1) is 10.6 Å². The summed E-state index contributed by atoms with van der Waals surface area (Å²) in [5.41, 5.74) is 3.03. The van der Waals surface area contributed by atoms with Gasteiger partial charge in [0.25, 0.3) is 0 Å². The van der Waals surface area contributed by atoms with Gasteiger partial charge >= 0.3 is 0 Å². The van der Waals surface area contributed by atoms with Crippen molar-refractivity contribution in [2.75, 3.05) is 19.0 Å². The van der Waals surface area contributed by atoms with E-state index >= 15 is 0 Å². The van der Waals surface area contributed by atoms with Crippen molar-refractivity contribution in [2.45, 2.75) is 4.90 Å². The van der Waals surface area contributed by atoms with E-state index in [9.17, 15) is 12.8 Å². The summed E-state index contributed by atoms with van der Waals surface area (Å²) in [6, 6.07) is 18.8. The lowest BCUT2D eigenvalue weighted by molar-refractivity contribution is 0.598. The smallest absolute Gasteiger partial charge is 0.238 e. The van der Waals surface area contributed by atoms with E-state index in [1.807, 2.05) is 36.4 Å². The van der Waals surface area contributed by atoms with Crippen LogP contribution in [0.4, 0.5) is 10.1 Å². The van der Waals surface area contributed by atoms with Crippen molar-refractivity contribution in [3.63, 3.8) is 0 Å². The maximum absolute atomic E-state index is 14.1. The molecule has 0 amide bonds. The first kappa shape index (κ1) is 18.1. The van der Waals surface area contributed by atoms with Crippen molar-refractivity contribution < 1.29 is 12.8 Å². The highest BCUT2D eigenvalue weighted by molar-refractivity contribution is 7.89. The first-order valence-corrected chi connectivity index (χ1v) is 9.52. The molecule has 0 radical (unpaired) electrons. The highest BCUT2D eigenvalue weighted by Gasteiger charge is 2.20. The minimum atomic E-state index is -3.93. The van der Waals surface area contributed by atoms with Gasteiger partial charge in [0.15, 0.2) is 0 Å². The second kappa shape index (κ2) is 6.90. The minimum absolute atomic E-state index is 0.0388. The number of sulfonamides is 1. The molecule has 3 rings (SSSR count). The Morgan fingerprint density at radius 3 is 2.19 bits per heavy atom. The molecule has 0 aliphatic carbocycles. The molecule has 0 unspecified atom stereocenters. The largest absolute Gasteiger partial charge is 0.375 e. The molecule has 0 heterocycles. The Labute approximate surface area is 152 Å². The van der Waals surface area contributed by atoms with Gasteiger partial charge in [-0.1, -0.05) is 48.5 Å². The fraction of sp³-hybridized carbons (Fsp3) is 0.100. The number of rotatable bonds is 4. The predicted molar refractivity (Wildman–Crippen MR) is 103 cm³/mol. The van der Waals surface area contributed by atoms with Gasteiger partial charge in [0, 0.05) is 19.7 Å². The molecule has 0 aliphatic rings. The molecule has 0 aliphatic heterocycles. The molecule has 0 spiro atoms. The zero-order valence-electron chi connectivity index (χ0n) is 14.5. The predicted octanol–water partition coefficient (Wildman–Crippen LogP) is 3.87. The van der Waals surface area contributed by atoms with Crippen LogP contribution in [0.5, 0.6) is 0 Å². The lowest BCUT2D eigenvalue weighted by Gasteiger charge is -2.18. The molecule has 4 nitrogen and oxygen atoms in total. The van der Waals surface area contributed by atoms with E-state index in [4.69, 9.17) is 5.14 Å². The van der Waals surface area contributed by atoms with Gasteiger partial charge in [0.1, 0.15) is 5.82 Å². The van der Waals surface area contributed by atoms with Gasteiger partial charge in [-0.25, -0.2) is 17.9 Å². The van der Waals surface area contributed by atoms with Gasteiger partial charge in [-0.2, -0.15) is 0 Å². The van der Waals surface area contributed by atoms with Gasteiger partial charge in [-0.15, -0.1) is 0 Å². The second-order valence-corrected chi connectivity index (χ2v) is 7.68. The van der Waals surface area contributed by atoms with E-state index in [1.54, 1.807) is 37.2 Å². The van der Waals surface area contributed by atoms with Crippen LogP contribution >= 0.6 is 0 Å². The number of nitrogens with two attached hydrogens (primary N) is 1. The highest BCUT2D eigenvalue weighted by atomic mass is 32.2. The standard InChI is InChI=1S/C20H19FN2O2S/c1-23(2)18-13-15(11-12-17(18)21)16-9-6-10-19(26(22,24)25)20(16)14-7-4-3-5-8-14/h3-13H,1-2H3,(H2,22,24,25). The van der Waals surface area contributed by atoms with Gasteiger partial charge in [-0.3, -0.25) is 0 Å². The maximum Gasteiger partial charge on any atom is 0.238 e. The van der Waals surface area contributed by atoms with Crippen LogP contribution in [-0.4, -0.2) is 22.5 Å². The maximum atomic E-state index is 14.1. The summed E-state index contributed by atoms with van der Waals surface area (Å²) in [5, 5.41) is 5.45. The molecule has 0 bridgehead atoms. The third-order valence-electron chi connectivity index (χ3n) is 4.13. The topological polar surface area (TPSA) is 63.4 Å². The van der Waals surface area contributed by atoms with Crippen molar-refractivity contribution in [3.05, 3.63) is 72.5 Å². The fourth-order valence-corrected chi connectivity index (χ4v) is 3.71. The van der Waals surface area contributed by atoms with Crippen molar-refractivity contribution in [3.8, 4) is 22.3 Å². The van der Waals surface area contributed by atoms with E-state index < -0.39 is 10.0 Å². The molecule has 0 fully saturated rings. The molecule has 0 aromatic heterocycles. The van der Waals surface area contributed by atoms with E-state index in [0.717, 1.165) is 5.56 Å². The Hall–Kier alpha value is -2.70. The summed E-state index contributed by atoms with van der Waals surface area (Å²) in [6.07, 6.45) is 0. The van der Waals surface area contributed by atoms with E-state index in [-0.39, 0.29) is 10.7 Å². The zero-order chi connectivity index (χ0) is 18.9. The quantitative estimate of drug-likeness (QED) is 0.758. The van der Waals surface area contributed by atoms with Gasteiger partial charge in [0.2, 0.25) is 10.0 Å². The Morgan fingerprint density at radius 1 is 0.885 bits per heavy atom. The average molecular weight is 370 g/mol. The lowest BCUT2D eigenvalue weighted by Crippen LogP contribution is -2.14. The van der Waals surface area contributed by atoms with Crippen LogP contribution in [0, 0.1) is 5.82 Å². The Balaban J connectivity index is 2.35. The van der Waals surface area contributed by atoms with E-state index in [0.29, 0.717) is 22.4 Å². The minimum Gasteiger partial charge on any atom is -0.375 e. The summed E-state index contributed by atoms with van der Waals surface area (Å²) < 4.78 is 38.4. The summed E-state index contributed by atoms with van der Waals surface area (Å²) in [7, 11) is -0.429. The number of anilines is 1. The van der Waals surface area contributed by atoms with Crippen molar-refractivity contribution in [1.82, 2.24) is 0 Å². The summed E-state index contributed by atoms with van der Waals surface area (Å²) >= 11 is 0.